The predicted octanol–water partition coefficient (Wildman–Crippen LogP) is 4.80. The summed E-state index contributed by atoms with van der Waals surface area (Å²) in [6, 6.07) is 4.83. The molecule has 1 heterocycles. The largest absolute Gasteiger partial charge is 0.306 e. The monoisotopic (exact) mass is 345 g/mol. The van der Waals surface area contributed by atoms with Crippen molar-refractivity contribution in [1.29, 1.82) is 0 Å². The van der Waals surface area contributed by atoms with Crippen LogP contribution < -0.4 is 5.32 Å². The Bertz CT molecular complexity index is 583. The first-order valence-electron chi connectivity index (χ1n) is 5.97. The van der Waals surface area contributed by atoms with E-state index >= 15 is 0 Å². The normalized spacial score (nSPS) is 12.7. The van der Waals surface area contributed by atoms with Gasteiger partial charge in [-0.2, -0.15) is 0 Å². The van der Waals surface area contributed by atoms with Gasteiger partial charge in [0.05, 0.1) is 6.04 Å². The molecule has 1 nitrogen and oxygen atoms in total. The molecule has 102 valence electrons. The summed E-state index contributed by atoms with van der Waals surface area (Å²) in [5, 5.41) is 5.13. The average molecular weight is 346 g/mol. The first-order valence-corrected chi connectivity index (χ1v) is 7.64. The van der Waals surface area contributed by atoms with Crippen molar-refractivity contribution in [3.05, 3.63) is 55.7 Å². The molecular formula is C14H14BrF2NS. The summed E-state index contributed by atoms with van der Waals surface area (Å²) in [7, 11) is 0. The Hall–Kier alpha value is -0.780. The zero-order valence-corrected chi connectivity index (χ0v) is 13.0. The highest BCUT2D eigenvalue weighted by Gasteiger charge is 2.23. The molecular weight excluding hydrogens is 332 g/mol. The summed E-state index contributed by atoms with van der Waals surface area (Å²) in [5.41, 5.74) is 0.662. The van der Waals surface area contributed by atoms with Crippen LogP contribution in [0.15, 0.2) is 28.1 Å². The number of hydrogen-bond donors (Lipinski definition) is 1. The van der Waals surface area contributed by atoms with Crippen molar-refractivity contribution >= 4 is 27.3 Å². The summed E-state index contributed by atoms with van der Waals surface area (Å²) in [6.07, 6.45) is 0. The van der Waals surface area contributed by atoms with Gasteiger partial charge in [0.1, 0.15) is 0 Å². The Kier molecular flexibility index (Phi) is 4.71. The molecule has 0 saturated heterocycles. The SMILES string of the molecule is CCNC(c1ccc(C)c(F)c1F)c1sccc1Br. The van der Waals surface area contributed by atoms with Crippen molar-refractivity contribution < 1.29 is 8.78 Å². The maximum Gasteiger partial charge on any atom is 0.164 e. The third-order valence-corrected chi connectivity index (χ3v) is 4.87. The highest BCUT2D eigenvalue weighted by Crippen LogP contribution is 2.35. The molecule has 0 radical (unpaired) electrons. The van der Waals surface area contributed by atoms with E-state index in [0.717, 1.165) is 9.35 Å². The van der Waals surface area contributed by atoms with E-state index in [4.69, 9.17) is 0 Å². The van der Waals surface area contributed by atoms with Gasteiger partial charge < -0.3 is 5.32 Å². The van der Waals surface area contributed by atoms with Crippen molar-refractivity contribution in [2.45, 2.75) is 19.9 Å². The van der Waals surface area contributed by atoms with Gasteiger partial charge in [0.15, 0.2) is 11.6 Å². The minimum absolute atomic E-state index is 0.321. The summed E-state index contributed by atoms with van der Waals surface area (Å²) in [6.45, 7) is 4.17. The minimum atomic E-state index is -0.772. The second kappa shape index (κ2) is 6.11. The molecule has 0 aliphatic heterocycles. The van der Waals surface area contributed by atoms with E-state index in [1.807, 2.05) is 18.4 Å². The fraction of sp³-hybridized carbons (Fsp3) is 0.286. The van der Waals surface area contributed by atoms with Gasteiger partial charge in [0, 0.05) is 14.9 Å². The molecule has 1 N–H and O–H groups in total. The van der Waals surface area contributed by atoms with Gasteiger partial charge in [-0.05, 0) is 46.4 Å². The van der Waals surface area contributed by atoms with Crippen molar-refractivity contribution in [3.8, 4) is 0 Å². The van der Waals surface area contributed by atoms with Crippen molar-refractivity contribution in [3.63, 3.8) is 0 Å². The molecule has 0 bridgehead atoms. The number of halogens is 3. The Balaban J connectivity index is 2.52. The smallest absolute Gasteiger partial charge is 0.164 e. The molecule has 0 spiro atoms. The van der Waals surface area contributed by atoms with Crippen LogP contribution in [0.3, 0.4) is 0 Å². The Morgan fingerprint density at radius 3 is 2.58 bits per heavy atom. The molecule has 1 unspecified atom stereocenters. The lowest BCUT2D eigenvalue weighted by Gasteiger charge is -2.19. The molecule has 2 rings (SSSR count). The van der Waals surface area contributed by atoms with E-state index in [1.54, 1.807) is 19.1 Å². The Labute approximate surface area is 123 Å². The molecule has 0 aliphatic rings. The molecule has 1 atom stereocenters. The van der Waals surface area contributed by atoms with Gasteiger partial charge in [-0.15, -0.1) is 11.3 Å². The third-order valence-electron chi connectivity index (χ3n) is 2.93. The van der Waals surface area contributed by atoms with Crippen LogP contribution in [0.4, 0.5) is 8.78 Å². The highest BCUT2D eigenvalue weighted by molar-refractivity contribution is 9.10. The summed E-state index contributed by atoms with van der Waals surface area (Å²) < 4.78 is 28.8. The quantitative estimate of drug-likeness (QED) is 0.839. The number of aryl methyl sites for hydroxylation is 1. The lowest BCUT2D eigenvalue weighted by Crippen LogP contribution is -2.23. The first-order chi connectivity index (χ1) is 9.06. The molecule has 0 aliphatic carbocycles. The third kappa shape index (κ3) is 2.88. The van der Waals surface area contributed by atoms with Gasteiger partial charge in [0.2, 0.25) is 0 Å². The van der Waals surface area contributed by atoms with Crippen LogP contribution in [-0.4, -0.2) is 6.54 Å². The molecule has 0 amide bonds. The number of rotatable bonds is 4. The Morgan fingerprint density at radius 2 is 2.00 bits per heavy atom. The highest BCUT2D eigenvalue weighted by atomic mass is 79.9. The van der Waals surface area contributed by atoms with Crippen LogP contribution in [0.5, 0.6) is 0 Å². The van der Waals surface area contributed by atoms with E-state index in [-0.39, 0.29) is 6.04 Å². The zero-order valence-electron chi connectivity index (χ0n) is 10.6. The number of benzene rings is 1. The lowest BCUT2D eigenvalue weighted by atomic mass is 10.0. The Morgan fingerprint density at radius 1 is 1.26 bits per heavy atom. The van der Waals surface area contributed by atoms with Crippen LogP contribution in [0, 0.1) is 18.6 Å². The molecule has 2 aromatic rings. The van der Waals surface area contributed by atoms with Gasteiger partial charge in [0.25, 0.3) is 0 Å². The van der Waals surface area contributed by atoms with Crippen LogP contribution in [0.25, 0.3) is 0 Å². The number of hydrogen-bond acceptors (Lipinski definition) is 2. The molecule has 5 heteroatoms. The maximum absolute atomic E-state index is 14.1. The molecule has 0 fully saturated rings. The van der Waals surface area contributed by atoms with E-state index < -0.39 is 11.6 Å². The summed E-state index contributed by atoms with van der Waals surface area (Å²) in [5.74, 6) is -1.54. The van der Waals surface area contributed by atoms with Gasteiger partial charge in [-0.1, -0.05) is 19.1 Å². The maximum atomic E-state index is 14.1. The van der Waals surface area contributed by atoms with Crippen LogP contribution in [0.2, 0.25) is 0 Å². The van der Waals surface area contributed by atoms with Crippen LogP contribution >= 0.6 is 27.3 Å². The minimum Gasteiger partial charge on any atom is -0.306 e. The van der Waals surface area contributed by atoms with Gasteiger partial charge >= 0.3 is 0 Å². The second-order valence-electron chi connectivity index (χ2n) is 4.22. The van der Waals surface area contributed by atoms with E-state index in [0.29, 0.717) is 17.7 Å². The zero-order chi connectivity index (χ0) is 14.0. The van der Waals surface area contributed by atoms with E-state index in [9.17, 15) is 8.78 Å². The molecule has 1 aromatic heterocycles. The van der Waals surface area contributed by atoms with E-state index in [2.05, 4.69) is 21.2 Å². The molecule has 1 aromatic carbocycles. The van der Waals surface area contributed by atoms with Gasteiger partial charge in [-0.25, -0.2) is 8.78 Å². The number of nitrogens with one attached hydrogen (secondary N) is 1. The standard InChI is InChI=1S/C14H14BrF2NS/c1-3-18-13(14-10(15)6-7-19-14)9-5-4-8(2)11(16)12(9)17/h4-7,13,18H,3H2,1-2H3. The van der Waals surface area contributed by atoms with Crippen LogP contribution in [-0.2, 0) is 0 Å². The van der Waals surface area contributed by atoms with Crippen molar-refractivity contribution in [2.75, 3.05) is 6.54 Å². The molecule has 19 heavy (non-hydrogen) atoms. The topological polar surface area (TPSA) is 12.0 Å². The van der Waals surface area contributed by atoms with Crippen molar-refractivity contribution in [2.24, 2.45) is 0 Å². The average Bonchev–Trinajstić information content (AvgIpc) is 2.80. The first kappa shape index (κ1) is 14.6. The summed E-state index contributed by atoms with van der Waals surface area (Å²) in [4.78, 5) is 0.948. The predicted molar refractivity (Wildman–Crippen MR) is 78.6 cm³/mol. The lowest BCUT2D eigenvalue weighted by molar-refractivity contribution is 0.479. The van der Waals surface area contributed by atoms with Crippen molar-refractivity contribution in [1.82, 2.24) is 5.32 Å². The fourth-order valence-corrected chi connectivity index (χ4v) is 3.64. The number of thiophene rings is 1. The van der Waals surface area contributed by atoms with Gasteiger partial charge in [-0.3, -0.25) is 0 Å². The second-order valence-corrected chi connectivity index (χ2v) is 6.03. The fourth-order valence-electron chi connectivity index (χ4n) is 1.94. The summed E-state index contributed by atoms with van der Waals surface area (Å²) >= 11 is 4.96. The van der Waals surface area contributed by atoms with Crippen LogP contribution in [0.1, 0.15) is 29.0 Å². The van der Waals surface area contributed by atoms with E-state index in [1.165, 1.54) is 11.3 Å². The molecule has 0 saturated carbocycles.